The van der Waals surface area contributed by atoms with E-state index in [9.17, 15) is 0 Å². The Hall–Kier alpha value is -0.680. The Kier molecular flexibility index (Phi) is 4.34. The van der Waals surface area contributed by atoms with Crippen LogP contribution in [0.25, 0.3) is 0 Å². The van der Waals surface area contributed by atoms with Crippen LogP contribution in [-0.4, -0.2) is 22.5 Å². The van der Waals surface area contributed by atoms with Gasteiger partial charge in [-0.2, -0.15) is 4.37 Å². The van der Waals surface area contributed by atoms with Gasteiger partial charge in [0.25, 0.3) is 0 Å². The van der Waals surface area contributed by atoms with Crippen LogP contribution >= 0.6 is 11.5 Å². The first-order valence-corrected chi connectivity index (χ1v) is 7.09. The van der Waals surface area contributed by atoms with Crippen LogP contribution < -0.4 is 5.32 Å². The molecule has 1 aromatic heterocycles. The molecular weight excluding hydrogens is 234 g/mol. The van der Waals surface area contributed by atoms with E-state index in [2.05, 4.69) is 21.6 Å². The normalized spacial score (nSPS) is 26.8. The van der Waals surface area contributed by atoms with Gasteiger partial charge in [-0.1, -0.05) is 6.92 Å². The Morgan fingerprint density at radius 1 is 1.35 bits per heavy atom. The van der Waals surface area contributed by atoms with Crippen molar-refractivity contribution < 1.29 is 4.74 Å². The lowest BCUT2D eigenvalue weighted by Crippen LogP contribution is -2.25. The fraction of sp³-hybridized carbons (Fsp3) is 0.833. The summed E-state index contributed by atoms with van der Waals surface area (Å²) in [7, 11) is 1.68. The molecule has 4 nitrogen and oxygen atoms in total. The molecule has 1 heterocycles. The fourth-order valence-electron chi connectivity index (χ4n) is 2.14. The topological polar surface area (TPSA) is 47.0 Å². The molecule has 0 aromatic carbocycles. The molecule has 1 saturated carbocycles. The van der Waals surface area contributed by atoms with Gasteiger partial charge in [-0.05, 0) is 38.5 Å². The highest BCUT2D eigenvalue weighted by Crippen LogP contribution is 2.27. The number of hydrogen-bond acceptors (Lipinski definition) is 5. The van der Waals surface area contributed by atoms with Crippen LogP contribution in [0.5, 0.6) is 0 Å². The molecule has 0 radical (unpaired) electrons. The fourth-order valence-corrected chi connectivity index (χ4v) is 2.87. The van der Waals surface area contributed by atoms with Gasteiger partial charge in [-0.25, -0.2) is 4.98 Å². The van der Waals surface area contributed by atoms with E-state index in [-0.39, 0.29) is 6.10 Å². The van der Waals surface area contributed by atoms with E-state index in [0.717, 1.165) is 16.9 Å². The molecule has 1 unspecified atom stereocenters. The van der Waals surface area contributed by atoms with Crippen molar-refractivity contribution in [2.45, 2.75) is 51.7 Å². The minimum absolute atomic E-state index is 0.0202. The first-order valence-electron chi connectivity index (χ1n) is 6.32. The van der Waals surface area contributed by atoms with E-state index >= 15 is 0 Å². The minimum Gasteiger partial charge on any atom is -0.374 e. The maximum absolute atomic E-state index is 5.21. The molecule has 0 spiro atoms. The Labute approximate surface area is 107 Å². The number of nitrogens with zero attached hydrogens (tertiary/aromatic N) is 2. The number of methoxy groups -OCH3 is 1. The summed E-state index contributed by atoms with van der Waals surface area (Å²) in [5, 5.41) is 4.42. The number of ether oxygens (including phenoxy) is 1. The van der Waals surface area contributed by atoms with E-state index in [0.29, 0.717) is 6.04 Å². The van der Waals surface area contributed by atoms with Gasteiger partial charge in [0.05, 0.1) is 0 Å². The van der Waals surface area contributed by atoms with Crippen molar-refractivity contribution in [1.29, 1.82) is 0 Å². The van der Waals surface area contributed by atoms with Gasteiger partial charge in [0.15, 0.2) is 5.82 Å². The van der Waals surface area contributed by atoms with Gasteiger partial charge in [-0.15, -0.1) is 0 Å². The van der Waals surface area contributed by atoms with Gasteiger partial charge >= 0.3 is 0 Å². The Balaban J connectivity index is 1.88. The average molecular weight is 255 g/mol. The molecule has 1 N–H and O–H groups in total. The van der Waals surface area contributed by atoms with Crippen LogP contribution in [0.3, 0.4) is 0 Å². The largest absolute Gasteiger partial charge is 0.374 e. The predicted molar refractivity (Wildman–Crippen MR) is 70.4 cm³/mol. The van der Waals surface area contributed by atoms with Crippen molar-refractivity contribution >= 4 is 16.7 Å². The van der Waals surface area contributed by atoms with E-state index in [4.69, 9.17) is 4.74 Å². The second-order valence-electron chi connectivity index (χ2n) is 4.94. The van der Waals surface area contributed by atoms with Crippen LogP contribution in [0.4, 0.5) is 5.13 Å². The standard InChI is InChI=1S/C12H21N3OS/c1-8-4-6-10(7-5-8)13-12-14-11(15-17-12)9(2)16-3/h8-10H,4-7H2,1-3H3,(H,13,14,15). The van der Waals surface area contributed by atoms with E-state index in [1.807, 2.05) is 6.92 Å². The number of nitrogens with one attached hydrogen (secondary N) is 1. The third-order valence-corrected chi connectivity index (χ3v) is 4.16. The van der Waals surface area contributed by atoms with Crippen molar-refractivity contribution in [2.24, 2.45) is 5.92 Å². The lowest BCUT2D eigenvalue weighted by atomic mass is 9.87. The summed E-state index contributed by atoms with van der Waals surface area (Å²) < 4.78 is 9.52. The van der Waals surface area contributed by atoms with Crippen molar-refractivity contribution in [2.75, 3.05) is 12.4 Å². The van der Waals surface area contributed by atoms with Crippen LogP contribution in [0, 0.1) is 5.92 Å². The lowest BCUT2D eigenvalue weighted by Gasteiger charge is -2.26. The lowest BCUT2D eigenvalue weighted by molar-refractivity contribution is 0.113. The highest BCUT2D eigenvalue weighted by Gasteiger charge is 2.19. The van der Waals surface area contributed by atoms with Crippen molar-refractivity contribution in [3.05, 3.63) is 5.82 Å². The van der Waals surface area contributed by atoms with Gasteiger partial charge in [-0.3, -0.25) is 0 Å². The summed E-state index contributed by atoms with van der Waals surface area (Å²) in [6.07, 6.45) is 5.11. The number of hydrogen-bond donors (Lipinski definition) is 1. The smallest absolute Gasteiger partial charge is 0.202 e. The molecule has 1 fully saturated rings. The Morgan fingerprint density at radius 2 is 2.06 bits per heavy atom. The Bertz CT molecular complexity index is 347. The molecule has 1 atom stereocenters. The summed E-state index contributed by atoms with van der Waals surface area (Å²) in [5.41, 5.74) is 0. The van der Waals surface area contributed by atoms with Gasteiger partial charge in [0.2, 0.25) is 5.13 Å². The molecular formula is C12H21N3OS. The van der Waals surface area contributed by atoms with Crippen LogP contribution in [-0.2, 0) is 4.74 Å². The average Bonchev–Trinajstić information content (AvgIpc) is 2.80. The second-order valence-corrected chi connectivity index (χ2v) is 5.69. The molecule has 0 saturated heterocycles. The summed E-state index contributed by atoms with van der Waals surface area (Å²) in [6.45, 7) is 4.30. The molecule has 17 heavy (non-hydrogen) atoms. The molecule has 96 valence electrons. The third-order valence-electron chi connectivity index (χ3n) is 3.50. The van der Waals surface area contributed by atoms with Crippen LogP contribution in [0.1, 0.15) is 51.5 Å². The van der Waals surface area contributed by atoms with Crippen molar-refractivity contribution in [3.63, 3.8) is 0 Å². The summed E-state index contributed by atoms with van der Waals surface area (Å²) in [4.78, 5) is 4.47. The zero-order valence-corrected chi connectivity index (χ0v) is 11.6. The Morgan fingerprint density at radius 3 is 2.71 bits per heavy atom. The van der Waals surface area contributed by atoms with Gasteiger partial charge < -0.3 is 10.1 Å². The van der Waals surface area contributed by atoms with Crippen LogP contribution in [0.2, 0.25) is 0 Å². The zero-order valence-electron chi connectivity index (χ0n) is 10.8. The SMILES string of the molecule is COC(C)c1nsc(NC2CCC(C)CC2)n1. The summed E-state index contributed by atoms with van der Waals surface area (Å²) in [5.74, 6) is 1.66. The molecule has 0 bridgehead atoms. The van der Waals surface area contributed by atoms with E-state index < -0.39 is 0 Å². The molecule has 2 rings (SSSR count). The van der Waals surface area contributed by atoms with Crippen LogP contribution in [0.15, 0.2) is 0 Å². The summed E-state index contributed by atoms with van der Waals surface area (Å²) >= 11 is 1.44. The molecule has 1 aromatic rings. The molecule has 1 aliphatic carbocycles. The molecule has 1 aliphatic rings. The number of rotatable bonds is 4. The van der Waals surface area contributed by atoms with Crippen molar-refractivity contribution in [1.82, 2.24) is 9.36 Å². The highest BCUT2D eigenvalue weighted by atomic mass is 32.1. The number of anilines is 1. The monoisotopic (exact) mass is 255 g/mol. The molecule has 5 heteroatoms. The summed E-state index contributed by atoms with van der Waals surface area (Å²) in [6, 6.07) is 0.574. The van der Waals surface area contributed by atoms with Gasteiger partial charge in [0, 0.05) is 24.7 Å². The second kappa shape index (κ2) is 5.78. The zero-order chi connectivity index (χ0) is 12.3. The maximum atomic E-state index is 5.21. The minimum atomic E-state index is -0.0202. The van der Waals surface area contributed by atoms with E-state index in [1.165, 1.54) is 37.2 Å². The van der Waals surface area contributed by atoms with E-state index in [1.54, 1.807) is 7.11 Å². The highest BCUT2D eigenvalue weighted by molar-refractivity contribution is 7.09. The first-order chi connectivity index (χ1) is 8.19. The number of aromatic nitrogens is 2. The van der Waals surface area contributed by atoms with Crippen molar-refractivity contribution in [3.8, 4) is 0 Å². The van der Waals surface area contributed by atoms with Gasteiger partial charge in [0.1, 0.15) is 6.10 Å². The predicted octanol–water partition coefficient (Wildman–Crippen LogP) is 3.24. The molecule has 0 amide bonds. The molecule has 0 aliphatic heterocycles. The quantitative estimate of drug-likeness (QED) is 0.897. The first kappa shape index (κ1) is 12.8. The maximum Gasteiger partial charge on any atom is 0.202 e. The third kappa shape index (κ3) is 3.39.